The summed E-state index contributed by atoms with van der Waals surface area (Å²) in [5, 5.41) is 13.0. The molecule has 0 aromatic rings. The quantitative estimate of drug-likeness (QED) is 0.662. The molecule has 2 fully saturated rings. The lowest BCUT2D eigenvalue weighted by atomic mass is 9.99. The lowest BCUT2D eigenvalue weighted by Crippen LogP contribution is -2.46. The summed E-state index contributed by atoms with van der Waals surface area (Å²) < 4.78 is 10.5. The minimum Gasteiger partial charge on any atom is -0.389 e. The van der Waals surface area contributed by atoms with Crippen molar-refractivity contribution in [3.05, 3.63) is 0 Å². The first-order valence-corrected chi connectivity index (χ1v) is 5.37. The molecule has 2 N–H and O–H groups in total. The summed E-state index contributed by atoms with van der Waals surface area (Å²) in [6.45, 7) is 4.97. The number of rotatable bonds is 3. The Hall–Kier alpha value is -0.160. The molecule has 0 aliphatic carbocycles. The highest BCUT2D eigenvalue weighted by Gasteiger charge is 2.30. The molecule has 4 heteroatoms. The molecule has 0 aromatic heterocycles. The fourth-order valence-electron chi connectivity index (χ4n) is 2.12. The van der Waals surface area contributed by atoms with Crippen molar-refractivity contribution in [1.82, 2.24) is 5.32 Å². The van der Waals surface area contributed by atoms with Crippen LogP contribution in [0.25, 0.3) is 0 Å². The van der Waals surface area contributed by atoms with E-state index in [9.17, 15) is 5.11 Å². The first-order valence-electron chi connectivity index (χ1n) is 5.37. The van der Waals surface area contributed by atoms with Crippen LogP contribution in [-0.4, -0.2) is 49.7 Å². The molecule has 4 atom stereocenters. The van der Waals surface area contributed by atoms with Gasteiger partial charge in [-0.1, -0.05) is 0 Å². The zero-order chi connectivity index (χ0) is 9.97. The van der Waals surface area contributed by atoms with Crippen LogP contribution < -0.4 is 5.32 Å². The predicted octanol–water partition coefficient (Wildman–Crippen LogP) is -0.239. The number of nitrogens with one attached hydrogen (secondary N) is 1. The molecule has 0 bridgehead atoms. The number of ether oxygens (including phenoxy) is 2. The van der Waals surface area contributed by atoms with Gasteiger partial charge >= 0.3 is 0 Å². The average Bonchev–Trinajstić information content (AvgIpc) is 2.77. The van der Waals surface area contributed by atoms with Gasteiger partial charge in [0.15, 0.2) is 0 Å². The second kappa shape index (κ2) is 4.57. The normalized spacial score (nSPS) is 40.3. The van der Waals surface area contributed by atoms with Gasteiger partial charge in [-0.2, -0.15) is 0 Å². The fraction of sp³-hybridized carbons (Fsp3) is 1.00. The van der Waals surface area contributed by atoms with Gasteiger partial charge in [0.1, 0.15) is 0 Å². The summed E-state index contributed by atoms with van der Waals surface area (Å²) in [5.41, 5.74) is 0. The van der Waals surface area contributed by atoms with Gasteiger partial charge in [-0.3, -0.25) is 0 Å². The third-order valence-corrected chi connectivity index (χ3v) is 3.20. The molecular weight excluding hydrogens is 182 g/mol. The number of aliphatic hydroxyl groups is 1. The number of hydrogen-bond donors (Lipinski definition) is 2. The van der Waals surface area contributed by atoms with Gasteiger partial charge in [0.2, 0.25) is 0 Å². The Morgan fingerprint density at radius 1 is 1.29 bits per heavy atom. The summed E-state index contributed by atoms with van der Waals surface area (Å²) >= 11 is 0. The van der Waals surface area contributed by atoms with Gasteiger partial charge in [-0.05, 0) is 19.3 Å². The summed E-state index contributed by atoms with van der Waals surface area (Å²) in [6.07, 6.45) is 0.775. The highest BCUT2D eigenvalue weighted by atomic mass is 16.5. The van der Waals surface area contributed by atoms with Crippen molar-refractivity contribution in [3.8, 4) is 0 Å². The van der Waals surface area contributed by atoms with Gasteiger partial charge in [-0.25, -0.2) is 0 Å². The molecule has 0 spiro atoms. The lowest BCUT2D eigenvalue weighted by Gasteiger charge is -2.24. The second-order valence-electron chi connectivity index (χ2n) is 4.29. The predicted molar refractivity (Wildman–Crippen MR) is 52.1 cm³/mol. The minimum atomic E-state index is -0.347. The molecular formula is C10H19NO3. The van der Waals surface area contributed by atoms with Crippen LogP contribution >= 0.6 is 0 Å². The summed E-state index contributed by atoms with van der Waals surface area (Å²) in [5.74, 6) is 0.586. The summed E-state index contributed by atoms with van der Waals surface area (Å²) in [7, 11) is 0. The molecule has 0 radical (unpaired) electrons. The van der Waals surface area contributed by atoms with Crippen molar-refractivity contribution in [2.75, 3.05) is 26.4 Å². The van der Waals surface area contributed by atoms with Crippen molar-refractivity contribution >= 4 is 0 Å². The van der Waals surface area contributed by atoms with Gasteiger partial charge in [0.05, 0.1) is 32.0 Å². The summed E-state index contributed by atoms with van der Waals surface area (Å²) in [6, 6.07) is 0.504. The van der Waals surface area contributed by atoms with Crippen LogP contribution in [0.1, 0.15) is 13.3 Å². The molecule has 2 aliphatic heterocycles. The molecule has 4 nitrogen and oxygen atoms in total. The molecule has 0 amide bonds. The van der Waals surface area contributed by atoms with E-state index in [1.807, 2.05) is 0 Å². The van der Waals surface area contributed by atoms with Crippen molar-refractivity contribution in [2.24, 2.45) is 5.92 Å². The van der Waals surface area contributed by atoms with Crippen LogP contribution in [0.5, 0.6) is 0 Å². The van der Waals surface area contributed by atoms with Gasteiger partial charge < -0.3 is 19.9 Å². The van der Waals surface area contributed by atoms with Crippen LogP contribution in [0.15, 0.2) is 0 Å². The molecule has 0 aromatic carbocycles. The first kappa shape index (κ1) is 10.4. The Bertz CT molecular complexity index is 182. The van der Waals surface area contributed by atoms with E-state index in [0.29, 0.717) is 25.2 Å². The van der Waals surface area contributed by atoms with E-state index in [1.165, 1.54) is 0 Å². The molecule has 4 unspecified atom stereocenters. The Labute approximate surface area is 84.6 Å². The molecule has 2 rings (SSSR count). The first-order chi connectivity index (χ1) is 6.77. The number of aliphatic hydroxyl groups excluding tert-OH is 1. The Morgan fingerprint density at radius 3 is 2.71 bits per heavy atom. The van der Waals surface area contributed by atoms with Gasteiger partial charge in [-0.15, -0.1) is 0 Å². The van der Waals surface area contributed by atoms with Crippen molar-refractivity contribution < 1.29 is 14.6 Å². The van der Waals surface area contributed by atoms with Crippen molar-refractivity contribution in [1.29, 1.82) is 0 Å². The topological polar surface area (TPSA) is 50.7 Å². The number of hydrogen-bond acceptors (Lipinski definition) is 4. The van der Waals surface area contributed by atoms with Crippen molar-refractivity contribution in [2.45, 2.75) is 31.5 Å². The highest BCUT2D eigenvalue weighted by Crippen LogP contribution is 2.18. The third-order valence-electron chi connectivity index (χ3n) is 3.20. The molecule has 2 saturated heterocycles. The van der Waals surface area contributed by atoms with Crippen LogP contribution in [-0.2, 0) is 9.47 Å². The smallest absolute Gasteiger partial charge is 0.0948 e. The van der Waals surface area contributed by atoms with E-state index in [1.54, 1.807) is 0 Å². The molecule has 14 heavy (non-hydrogen) atoms. The monoisotopic (exact) mass is 201 g/mol. The third kappa shape index (κ3) is 2.25. The van der Waals surface area contributed by atoms with Crippen LogP contribution in [0.3, 0.4) is 0 Å². The fourth-order valence-corrected chi connectivity index (χ4v) is 2.12. The lowest BCUT2D eigenvalue weighted by molar-refractivity contribution is 0.119. The average molecular weight is 201 g/mol. The molecule has 2 heterocycles. The maximum Gasteiger partial charge on any atom is 0.0948 e. The second-order valence-corrected chi connectivity index (χ2v) is 4.29. The zero-order valence-electron chi connectivity index (χ0n) is 8.61. The van der Waals surface area contributed by atoms with E-state index in [0.717, 1.165) is 19.6 Å². The molecule has 0 saturated carbocycles. The van der Waals surface area contributed by atoms with E-state index < -0.39 is 0 Å². The van der Waals surface area contributed by atoms with Crippen LogP contribution in [0.4, 0.5) is 0 Å². The SMILES string of the molecule is CC(NC1COCC1O)C1CCOC1. The van der Waals surface area contributed by atoms with E-state index in [4.69, 9.17) is 9.47 Å². The Kier molecular flexibility index (Phi) is 3.38. The largest absolute Gasteiger partial charge is 0.389 e. The highest BCUT2D eigenvalue weighted by molar-refractivity contribution is 4.86. The summed E-state index contributed by atoms with van der Waals surface area (Å²) in [4.78, 5) is 0. The van der Waals surface area contributed by atoms with Gasteiger partial charge in [0, 0.05) is 12.6 Å². The molecule has 2 aliphatic rings. The maximum atomic E-state index is 9.56. The van der Waals surface area contributed by atoms with Crippen LogP contribution in [0.2, 0.25) is 0 Å². The van der Waals surface area contributed by atoms with Crippen molar-refractivity contribution in [3.63, 3.8) is 0 Å². The Balaban J connectivity index is 1.78. The Morgan fingerprint density at radius 2 is 2.14 bits per heavy atom. The maximum absolute atomic E-state index is 9.56. The van der Waals surface area contributed by atoms with E-state index >= 15 is 0 Å². The van der Waals surface area contributed by atoms with Crippen LogP contribution in [0, 0.1) is 5.92 Å². The molecule has 82 valence electrons. The van der Waals surface area contributed by atoms with Gasteiger partial charge in [0.25, 0.3) is 0 Å². The van der Waals surface area contributed by atoms with E-state index in [-0.39, 0.29) is 12.1 Å². The zero-order valence-corrected chi connectivity index (χ0v) is 8.61. The van der Waals surface area contributed by atoms with E-state index in [2.05, 4.69) is 12.2 Å². The standard InChI is InChI=1S/C10H19NO3/c1-7(8-2-3-13-4-8)11-9-5-14-6-10(9)12/h7-12H,2-6H2,1H3. The minimum absolute atomic E-state index is 0.102.